The van der Waals surface area contributed by atoms with Gasteiger partial charge in [-0.2, -0.15) is 0 Å². The summed E-state index contributed by atoms with van der Waals surface area (Å²) >= 11 is 0. The summed E-state index contributed by atoms with van der Waals surface area (Å²) in [5.41, 5.74) is 0.775. The lowest BCUT2D eigenvalue weighted by Crippen LogP contribution is -2.47. The maximum Gasteiger partial charge on any atom is 0.254 e. The van der Waals surface area contributed by atoms with Gasteiger partial charge < -0.3 is 15.3 Å². The van der Waals surface area contributed by atoms with E-state index in [0.717, 1.165) is 12.2 Å². The molecule has 19 heavy (non-hydrogen) atoms. The molecule has 0 aromatic carbocycles. The molecule has 1 heterocycles. The maximum absolute atomic E-state index is 12.4. The fraction of sp³-hybridized carbons (Fsp3) is 0.571. The summed E-state index contributed by atoms with van der Waals surface area (Å²) in [7, 11) is 1.70. The Hall–Kier alpha value is -1.62. The van der Waals surface area contributed by atoms with Crippen LogP contribution in [0.4, 0.5) is 5.82 Å². The Morgan fingerprint density at radius 1 is 1.47 bits per heavy atom. The van der Waals surface area contributed by atoms with Crippen molar-refractivity contribution in [1.82, 2.24) is 9.88 Å². The Balaban J connectivity index is 3.05. The largest absolute Gasteiger partial charge is 0.394 e. The van der Waals surface area contributed by atoms with Crippen molar-refractivity contribution < 1.29 is 9.90 Å². The average Bonchev–Trinajstić information content (AvgIpc) is 2.36. The van der Waals surface area contributed by atoms with Crippen molar-refractivity contribution in [2.24, 2.45) is 0 Å². The van der Waals surface area contributed by atoms with Crippen LogP contribution in [0.1, 0.15) is 36.8 Å². The average molecular weight is 265 g/mol. The molecule has 0 saturated carbocycles. The molecule has 5 heteroatoms. The second-order valence-electron chi connectivity index (χ2n) is 5.25. The summed E-state index contributed by atoms with van der Waals surface area (Å²) in [6.07, 6.45) is 0. The quantitative estimate of drug-likeness (QED) is 0.850. The highest BCUT2D eigenvalue weighted by atomic mass is 16.3. The maximum atomic E-state index is 12.4. The Kier molecular flexibility index (Phi) is 4.89. The molecule has 1 rings (SSSR count). The van der Waals surface area contributed by atoms with Crippen molar-refractivity contribution >= 4 is 11.7 Å². The molecular formula is C14H23N3O2. The summed E-state index contributed by atoms with van der Waals surface area (Å²) in [5, 5.41) is 12.4. The van der Waals surface area contributed by atoms with E-state index in [-0.39, 0.29) is 12.5 Å². The van der Waals surface area contributed by atoms with Crippen LogP contribution in [0.2, 0.25) is 0 Å². The third-order valence-electron chi connectivity index (χ3n) is 3.16. The minimum Gasteiger partial charge on any atom is -0.394 e. The molecule has 0 aliphatic rings. The number of likely N-dealkylation sites (N-methyl/N-ethyl adjacent to an activating group) is 1. The standard InChI is InChI=1S/C14H23N3O2/c1-6-15-12-8-11(7-10(2)16-12)13(19)17(5)14(3,4)9-18/h7-8,18H,6,9H2,1-5H3,(H,15,16). The van der Waals surface area contributed by atoms with Gasteiger partial charge >= 0.3 is 0 Å². The molecule has 0 aliphatic carbocycles. The molecule has 0 fully saturated rings. The number of hydrogen-bond acceptors (Lipinski definition) is 4. The predicted molar refractivity (Wildman–Crippen MR) is 76.4 cm³/mol. The molecule has 0 atom stereocenters. The van der Waals surface area contributed by atoms with Crippen molar-refractivity contribution in [1.29, 1.82) is 0 Å². The van der Waals surface area contributed by atoms with E-state index in [1.165, 1.54) is 0 Å². The number of nitrogens with one attached hydrogen (secondary N) is 1. The highest BCUT2D eigenvalue weighted by Crippen LogP contribution is 2.17. The smallest absolute Gasteiger partial charge is 0.254 e. The molecule has 1 amide bonds. The molecule has 0 bridgehead atoms. The first-order chi connectivity index (χ1) is 8.81. The number of pyridine rings is 1. The van der Waals surface area contributed by atoms with Gasteiger partial charge in [0.25, 0.3) is 5.91 Å². The second-order valence-corrected chi connectivity index (χ2v) is 5.25. The first kappa shape index (κ1) is 15.4. The van der Waals surface area contributed by atoms with Gasteiger partial charge in [0.1, 0.15) is 5.82 Å². The topological polar surface area (TPSA) is 65.5 Å². The van der Waals surface area contributed by atoms with E-state index in [2.05, 4.69) is 10.3 Å². The van der Waals surface area contributed by atoms with E-state index >= 15 is 0 Å². The first-order valence-corrected chi connectivity index (χ1v) is 6.43. The monoisotopic (exact) mass is 265 g/mol. The number of carbonyl (C=O) groups excluding carboxylic acids is 1. The summed E-state index contributed by atoms with van der Waals surface area (Å²) in [4.78, 5) is 18.3. The van der Waals surface area contributed by atoms with Crippen molar-refractivity contribution in [3.05, 3.63) is 23.4 Å². The molecule has 1 aromatic heterocycles. The van der Waals surface area contributed by atoms with Gasteiger partial charge in [0, 0.05) is 24.8 Å². The lowest BCUT2D eigenvalue weighted by molar-refractivity contribution is 0.0473. The number of nitrogens with zero attached hydrogens (tertiary/aromatic N) is 2. The van der Waals surface area contributed by atoms with Gasteiger partial charge in [-0.05, 0) is 39.8 Å². The van der Waals surface area contributed by atoms with Gasteiger partial charge in [0.15, 0.2) is 0 Å². The summed E-state index contributed by atoms with van der Waals surface area (Å²) in [6, 6.07) is 3.50. The Morgan fingerprint density at radius 2 is 2.11 bits per heavy atom. The Labute approximate surface area is 114 Å². The highest BCUT2D eigenvalue weighted by Gasteiger charge is 2.27. The molecule has 106 valence electrons. The molecule has 0 radical (unpaired) electrons. The van der Waals surface area contributed by atoms with Crippen molar-refractivity contribution in [2.75, 3.05) is 25.5 Å². The van der Waals surface area contributed by atoms with Gasteiger partial charge in [0.2, 0.25) is 0 Å². The predicted octanol–water partition coefficient (Wildman–Crippen LogP) is 1.66. The number of anilines is 1. The molecule has 0 saturated heterocycles. The van der Waals surface area contributed by atoms with E-state index in [1.807, 2.05) is 27.7 Å². The zero-order chi connectivity index (χ0) is 14.6. The number of amides is 1. The van der Waals surface area contributed by atoms with Crippen LogP contribution in [0.25, 0.3) is 0 Å². The second kappa shape index (κ2) is 6.02. The number of aliphatic hydroxyl groups excluding tert-OH is 1. The molecule has 5 nitrogen and oxygen atoms in total. The van der Waals surface area contributed by atoms with Gasteiger partial charge in [-0.15, -0.1) is 0 Å². The minimum atomic E-state index is -0.591. The van der Waals surface area contributed by atoms with Gasteiger partial charge in [-0.1, -0.05) is 0 Å². The van der Waals surface area contributed by atoms with Crippen LogP contribution in [0.15, 0.2) is 12.1 Å². The third-order valence-corrected chi connectivity index (χ3v) is 3.16. The van der Waals surface area contributed by atoms with Crippen LogP contribution >= 0.6 is 0 Å². The SMILES string of the molecule is CCNc1cc(C(=O)N(C)C(C)(C)CO)cc(C)n1. The number of aromatic nitrogens is 1. The molecule has 0 aliphatic heterocycles. The van der Waals surface area contributed by atoms with Gasteiger partial charge in [-0.3, -0.25) is 4.79 Å². The highest BCUT2D eigenvalue weighted by molar-refractivity contribution is 5.95. The van der Waals surface area contributed by atoms with E-state index in [0.29, 0.717) is 11.4 Å². The third kappa shape index (κ3) is 3.67. The van der Waals surface area contributed by atoms with Gasteiger partial charge in [-0.25, -0.2) is 4.98 Å². The zero-order valence-corrected chi connectivity index (χ0v) is 12.3. The lowest BCUT2D eigenvalue weighted by atomic mass is 10.0. The molecule has 0 unspecified atom stereocenters. The minimum absolute atomic E-state index is 0.0840. The van der Waals surface area contributed by atoms with Crippen LogP contribution in [0.5, 0.6) is 0 Å². The normalized spacial score (nSPS) is 11.3. The number of hydrogen-bond donors (Lipinski definition) is 2. The fourth-order valence-corrected chi connectivity index (χ4v) is 1.64. The summed E-state index contributed by atoms with van der Waals surface area (Å²) < 4.78 is 0. The van der Waals surface area contributed by atoms with Crippen LogP contribution in [-0.4, -0.2) is 46.6 Å². The van der Waals surface area contributed by atoms with Crippen molar-refractivity contribution in [3.8, 4) is 0 Å². The zero-order valence-electron chi connectivity index (χ0n) is 12.3. The molecule has 2 N–H and O–H groups in total. The molecule has 1 aromatic rings. The van der Waals surface area contributed by atoms with E-state index < -0.39 is 5.54 Å². The van der Waals surface area contributed by atoms with Crippen LogP contribution in [0.3, 0.4) is 0 Å². The van der Waals surface area contributed by atoms with E-state index in [1.54, 1.807) is 24.1 Å². The lowest BCUT2D eigenvalue weighted by Gasteiger charge is -2.34. The Bertz CT molecular complexity index is 458. The first-order valence-electron chi connectivity index (χ1n) is 6.43. The molecule has 0 spiro atoms. The van der Waals surface area contributed by atoms with E-state index in [9.17, 15) is 9.90 Å². The van der Waals surface area contributed by atoms with Crippen LogP contribution < -0.4 is 5.32 Å². The number of rotatable bonds is 5. The van der Waals surface area contributed by atoms with Crippen LogP contribution in [-0.2, 0) is 0 Å². The summed E-state index contributed by atoms with van der Waals surface area (Å²) in [5.74, 6) is 0.574. The van der Waals surface area contributed by atoms with Crippen molar-refractivity contribution in [2.45, 2.75) is 33.2 Å². The van der Waals surface area contributed by atoms with E-state index in [4.69, 9.17) is 0 Å². The number of aliphatic hydroxyl groups is 1. The molecular weight excluding hydrogens is 242 g/mol. The summed E-state index contributed by atoms with van der Waals surface area (Å²) in [6.45, 7) is 8.15. The van der Waals surface area contributed by atoms with Gasteiger partial charge in [0.05, 0.1) is 12.1 Å². The fourth-order valence-electron chi connectivity index (χ4n) is 1.64. The number of carbonyl (C=O) groups is 1. The van der Waals surface area contributed by atoms with Crippen LogP contribution in [0, 0.1) is 6.92 Å². The number of aryl methyl sites for hydroxylation is 1. The van der Waals surface area contributed by atoms with Crippen molar-refractivity contribution in [3.63, 3.8) is 0 Å². The Morgan fingerprint density at radius 3 is 2.63 bits per heavy atom.